The van der Waals surface area contributed by atoms with Crippen molar-refractivity contribution in [2.24, 2.45) is 0 Å². The molecule has 0 spiro atoms. The third-order valence-corrected chi connectivity index (χ3v) is 4.78. The van der Waals surface area contributed by atoms with Gasteiger partial charge in [-0.05, 0) is 29.8 Å². The third kappa shape index (κ3) is 4.30. The van der Waals surface area contributed by atoms with E-state index in [1.54, 1.807) is 24.3 Å². The number of carbonyl (C=O) groups is 2. The molecule has 1 atom stereocenters. The van der Waals surface area contributed by atoms with Crippen LogP contribution in [0.3, 0.4) is 0 Å². The zero-order valence-corrected chi connectivity index (χ0v) is 15.3. The maximum Gasteiger partial charge on any atom is 0.326 e. The van der Waals surface area contributed by atoms with Crippen molar-refractivity contribution in [3.63, 3.8) is 0 Å². The molecule has 0 saturated carbocycles. The molecule has 0 aliphatic carbocycles. The zero-order chi connectivity index (χ0) is 19.6. The molecule has 1 heterocycles. The lowest BCUT2D eigenvalue weighted by atomic mass is 10.0. The predicted molar refractivity (Wildman–Crippen MR) is 104 cm³/mol. The molecule has 1 amide bonds. The summed E-state index contributed by atoms with van der Waals surface area (Å²) in [6.07, 6.45) is -0.0488. The Morgan fingerprint density at radius 1 is 1.07 bits per heavy atom. The number of para-hydroxylation sites is 1. The van der Waals surface area contributed by atoms with E-state index in [9.17, 15) is 19.5 Å². The van der Waals surface area contributed by atoms with E-state index in [4.69, 9.17) is 23.2 Å². The number of carbonyl (C=O) groups excluding carboxylic acids is 1. The molecule has 0 bridgehead atoms. The quantitative estimate of drug-likeness (QED) is 0.607. The molecular formula is C19H14Cl2N2O4. The number of halogens is 2. The van der Waals surface area contributed by atoms with Crippen molar-refractivity contribution >= 4 is 46.0 Å². The van der Waals surface area contributed by atoms with E-state index in [-0.39, 0.29) is 27.6 Å². The molecule has 0 radical (unpaired) electrons. The maximum atomic E-state index is 12.4. The van der Waals surface area contributed by atoms with Crippen LogP contribution in [0.2, 0.25) is 10.0 Å². The number of fused-ring (bicyclic) bond motifs is 1. The number of H-pyrrole nitrogens is 1. The van der Waals surface area contributed by atoms with Gasteiger partial charge in [0.25, 0.3) is 5.91 Å². The molecule has 138 valence electrons. The van der Waals surface area contributed by atoms with Gasteiger partial charge < -0.3 is 15.4 Å². The number of benzene rings is 2. The van der Waals surface area contributed by atoms with Crippen molar-refractivity contribution in [1.82, 2.24) is 10.3 Å². The van der Waals surface area contributed by atoms with Crippen molar-refractivity contribution in [2.45, 2.75) is 12.5 Å². The van der Waals surface area contributed by atoms with Gasteiger partial charge in [-0.3, -0.25) is 9.59 Å². The number of carboxylic acid groups (broad SMARTS) is 1. The molecule has 2 aromatic carbocycles. The summed E-state index contributed by atoms with van der Waals surface area (Å²) in [5, 5.41) is 13.2. The molecule has 0 fully saturated rings. The molecule has 3 N–H and O–H groups in total. The number of nitrogens with one attached hydrogen (secondary N) is 2. The Morgan fingerprint density at radius 2 is 1.81 bits per heavy atom. The Morgan fingerprint density at radius 3 is 2.52 bits per heavy atom. The van der Waals surface area contributed by atoms with Crippen molar-refractivity contribution in [3.8, 4) is 0 Å². The number of amides is 1. The van der Waals surface area contributed by atoms with Gasteiger partial charge in [-0.25, -0.2) is 4.79 Å². The average molecular weight is 405 g/mol. The highest BCUT2D eigenvalue weighted by molar-refractivity contribution is 6.42. The van der Waals surface area contributed by atoms with Crippen LogP contribution in [0.5, 0.6) is 0 Å². The van der Waals surface area contributed by atoms with E-state index >= 15 is 0 Å². The van der Waals surface area contributed by atoms with E-state index < -0.39 is 17.9 Å². The molecule has 3 aromatic rings. The van der Waals surface area contributed by atoms with Crippen LogP contribution < -0.4 is 10.9 Å². The summed E-state index contributed by atoms with van der Waals surface area (Å²) in [6, 6.07) is 11.4. The molecule has 1 aromatic heterocycles. The molecule has 0 saturated heterocycles. The molecule has 1 unspecified atom stereocenters. The summed E-state index contributed by atoms with van der Waals surface area (Å²) >= 11 is 11.7. The number of aliphatic carboxylic acids is 1. The largest absolute Gasteiger partial charge is 0.480 e. The summed E-state index contributed by atoms with van der Waals surface area (Å²) in [4.78, 5) is 38.6. The summed E-state index contributed by atoms with van der Waals surface area (Å²) in [6.45, 7) is 0. The van der Waals surface area contributed by atoms with Crippen LogP contribution in [0.25, 0.3) is 10.9 Å². The minimum Gasteiger partial charge on any atom is -0.480 e. The van der Waals surface area contributed by atoms with Gasteiger partial charge in [0.1, 0.15) is 6.04 Å². The zero-order valence-electron chi connectivity index (χ0n) is 13.8. The fourth-order valence-electron chi connectivity index (χ4n) is 2.74. The fourth-order valence-corrected chi connectivity index (χ4v) is 3.04. The van der Waals surface area contributed by atoms with E-state index in [0.29, 0.717) is 16.5 Å². The van der Waals surface area contributed by atoms with Gasteiger partial charge in [-0.2, -0.15) is 0 Å². The smallest absolute Gasteiger partial charge is 0.326 e. The van der Waals surface area contributed by atoms with Crippen molar-refractivity contribution < 1.29 is 14.7 Å². The number of aromatic amines is 1. The lowest BCUT2D eigenvalue weighted by Crippen LogP contribution is -2.42. The topological polar surface area (TPSA) is 99.3 Å². The summed E-state index contributed by atoms with van der Waals surface area (Å²) < 4.78 is 0. The lowest BCUT2D eigenvalue weighted by Gasteiger charge is -2.16. The Hall–Kier alpha value is -2.83. The highest BCUT2D eigenvalue weighted by atomic mass is 35.5. The normalized spacial score (nSPS) is 11.9. The van der Waals surface area contributed by atoms with Gasteiger partial charge in [0.15, 0.2) is 0 Å². The summed E-state index contributed by atoms with van der Waals surface area (Å²) in [5.74, 6) is -1.82. The van der Waals surface area contributed by atoms with E-state index in [1.165, 1.54) is 24.3 Å². The summed E-state index contributed by atoms with van der Waals surface area (Å²) in [7, 11) is 0. The molecule has 8 heteroatoms. The molecule has 3 rings (SSSR count). The Kier molecular flexibility index (Phi) is 5.48. The summed E-state index contributed by atoms with van der Waals surface area (Å²) in [5.41, 5.74) is 0.964. The second-order valence-electron chi connectivity index (χ2n) is 5.90. The van der Waals surface area contributed by atoms with Gasteiger partial charge >= 0.3 is 5.97 Å². The second-order valence-corrected chi connectivity index (χ2v) is 6.72. The molecule has 0 aliphatic rings. The fraction of sp³-hybridized carbons (Fsp3) is 0.105. The Bertz CT molecular complexity index is 1090. The molecule has 0 aliphatic heterocycles. The van der Waals surface area contributed by atoms with Crippen LogP contribution in [0, 0.1) is 0 Å². The standard InChI is InChI=1S/C19H14Cl2N2O4/c20-13-6-5-10(7-14(13)21)18(25)23-16(19(26)27)8-11-9-17(24)22-15-4-2-1-3-12(11)15/h1-7,9,16H,8H2,(H,22,24)(H,23,25)(H,26,27). The van der Waals surface area contributed by atoms with Crippen LogP contribution in [0.4, 0.5) is 0 Å². The van der Waals surface area contributed by atoms with Crippen LogP contribution in [-0.2, 0) is 11.2 Å². The first-order valence-corrected chi connectivity index (χ1v) is 8.70. The number of hydrogen-bond donors (Lipinski definition) is 3. The van der Waals surface area contributed by atoms with Gasteiger partial charge in [-0.1, -0.05) is 41.4 Å². The molecule has 6 nitrogen and oxygen atoms in total. The predicted octanol–water partition coefficient (Wildman–Crippen LogP) is 3.26. The number of hydrogen-bond acceptors (Lipinski definition) is 3. The highest BCUT2D eigenvalue weighted by Crippen LogP contribution is 2.23. The van der Waals surface area contributed by atoms with Crippen LogP contribution in [-0.4, -0.2) is 28.0 Å². The highest BCUT2D eigenvalue weighted by Gasteiger charge is 2.22. The minimum atomic E-state index is -1.22. The molecular weight excluding hydrogens is 391 g/mol. The first-order chi connectivity index (χ1) is 12.8. The van der Waals surface area contributed by atoms with Crippen molar-refractivity contribution in [1.29, 1.82) is 0 Å². The molecule has 27 heavy (non-hydrogen) atoms. The monoisotopic (exact) mass is 404 g/mol. The van der Waals surface area contributed by atoms with Crippen molar-refractivity contribution in [3.05, 3.63) is 80.1 Å². The SMILES string of the molecule is O=C(NC(Cc1cc(=O)[nH]c2ccccc12)C(=O)O)c1ccc(Cl)c(Cl)c1. The van der Waals surface area contributed by atoms with E-state index in [2.05, 4.69) is 10.3 Å². The van der Waals surface area contributed by atoms with E-state index in [1.807, 2.05) is 0 Å². The first-order valence-electron chi connectivity index (χ1n) is 7.95. The average Bonchev–Trinajstić information content (AvgIpc) is 2.63. The van der Waals surface area contributed by atoms with Crippen molar-refractivity contribution in [2.75, 3.05) is 0 Å². The second kappa shape index (κ2) is 7.82. The van der Waals surface area contributed by atoms with Gasteiger partial charge in [-0.15, -0.1) is 0 Å². The maximum absolute atomic E-state index is 12.4. The first kappa shape index (κ1) is 18.9. The van der Waals surface area contributed by atoms with Gasteiger partial charge in [0.05, 0.1) is 10.0 Å². The number of rotatable bonds is 5. The Labute approximate surface area is 163 Å². The number of carboxylic acids is 1. The van der Waals surface area contributed by atoms with Crippen LogP contribution in [0.1, 0.15) is 15.9 Å². The number of pyridine rings is 1. The number of aromatic nitrogens is 1. The van der Waals surface area contributed by atoms with Gasteiger partial charge in [0, 0.05) is 29.0 Å². The van der Waals surface area contributed by atoms with Crippen LogP contribution >= 0.6 is 23.2 Å². The Balaban J connectivity index is 1.89. The van der Waals surface area contributed by atoms with Gasteiger partial charge in [0.2, 0.25) is 5.56 Å². The third-order valence-electron chi connectivity index (χ3n) is 4.05. The van der Waals surface area contributed by atoms with Crippen LogP contribution in [0.15, 0.2) is 53.3 Å². The lowest BCUT2D eigenvalue weighted by molar-refractivity contribution is -0.139. The van der Waals surface area contributed by atoms with E-state index in [0.717, 1.165) is 0 Å². The minimum absolute atomic E-state index is 0.0488.